The second kappa shape index (κ2) is 4.55. The standard InChI is InChI=1S/C12H10O4S2/c1-8-3-2-4-9(7-8)18(15,16)10-5-6-17-11(10)12(13)14/h2-7H,1H3,(H,13,14). The number of carboxylic acid groups (broad SMARTS) is 1. The Bertz CT molecular complexity index is 698. The van der Waals surface area contributed by atoms with Crippen LogP contribution < -0.4 is 0 Å². The third kappa shape index (κ3) is 2.16. The van der Waals surface area contributed by atoms with Gasteiger partial charge in [0.05, 0.1) is 9.79 Å². The summed E-state index contributed by atoms with van der Waals surface area (Å²) in [5.41, 5.74) is 0.808. The number of aryl methyl sites for hydroxylation is 1. The maximum atomic E-state index is 12.3. The minimum Gasteiger partial charge on any atom is -0.477 e. The Balaban J connectivity index is 2.62. The molecule has 0 aliphatic carbocycles. The molecule has 1 heterocycles. The molecule has 2 aromatic rings. The number of thiophene rings is 1. The Hall–Kier alpha value is -1.66. The van der Waals surface area contributed by atoms with Gasteiger partial charge in [-0.25, -0.2) is 13.2 Å². The topological polar surface area (TPSA) is 71.4 Å². The van der Waals surface area contributed by atoms with E-state index in [-0.39, 0.29) is 14.7 Å². The third-order valence-electron chi connectivity index (χ3n) is 2.41. The van der Waals surface area contributed by atoms with Gasteiger partial charge in [-0.1, -0.05) is 12.1 Å². The molecule has 0 atom stereocenters. The van der Waals surface area contributed by atoms with Crippen molar-refractivity contribution in [2.24, 2.45) is 0 Å². The zero-order valence-electron chi connectivity index (χ0n) is 9.45. The summed E-state index contributed by atoms with van der Waals surface area (Å²) in [4.78, 5) is 10.8. The van der Waals surface area contributed by atoms with Crippen molar-refractivity contribution in [2.45, 2.75) is 16.7 Å². The molecule has 1 N–H and O–H groups in total. The van der Waals surface area contributed by atoms with Crippen LogP contribution in [-0.4, -0.2) is 19.5 Å². The number of hydrogen-bond acceptors (Lipinski definition) is 4. The Morgan fingerprint density at radius 1 is 1.28 bits per heavy atom. The van der Waals surface area contributed by atoms with Crippen LogP contribution in [0.3, 0.4) is 0 Å². The summed E-state index contributed by atoms with van der Waals surface area (Å²) in [6, 6.07) is 7.73. The van der Waals surface area contributed by atoms with Gasteiger partial charge < -0.3 is 5.11 Å². The molecule has 0 unspecified atom stereocenters. The molecule has 0 radical (unpaired) electrons. The first-order valence-electron chi connectivity index (χ1n) is 5.05. The van der Waals surface area contributed by atoms with E-state index in [0.717, 1.165) is 16.9 Å². The van der Waals surface area contributed by atoms with Crippen molar-refractivity contribution in [3.63, 3.8) is 0 Å². The van der Waals surface area contributed by atoms with Gasteiger partial charge in [-0.05, 0) is 36.1 Å². The number of aromatic carboxylic acids is 1. The fraction of sp³-hybridized carbons (Fsp3) is 0.0833. The molecule has 0 aliphatic rings. The molecule has 1 aromatic carbocycles. The molecule has 0 bridgehead atoms. The molecule has 18 heavy (non-hydrogen) atoms. The van der Waals surface area contributed by atoms with Gasteiger partial charge in [-0.3, -0.25) is 0 Å². The van der Waals surface area contributed by atoms with Crippen LogP contribution in [0.25, 0.3) is 0 Å². The lowest BCUT2D eigenvalue weighted by atomic mass is 10.2. The van der Waals surface area contributed by atoms with Gasteiger partial charge in [0.2, 0.25) is 9.84 Å². The van der Waals surface area contributed by atoms with Crippen molar-refractivity contribution in [2.75, 3.05) is 0 Å². The number of carboxylic acids is 1. The number of carbonyl (C=O) groups is 1. The Morgan fingerprint density at radius 3 is 2.61 bits per heavy atom. The van der Waals surface area contributed by atoms with E-state index >= 15 is 0 Å². The van der Waals surface area contributed by atoms with E-state index in [1.54, 1.807) is 19.1 Å². The van der Waals surface area contributed by atoms with Crippen molar-refractivity contribution in [3.05, 3.63) is 46.2 Å². The highest BCUT2D eigenvalue weighted by molar-refractivity contribution is 7.91. The van der Waals surface area contributed by atoms with Crippen LogP contribution in [-0.2, 0) is 9.84 Å². The van der Waals surface area contributed by atoms with E-state index in [0.29, 0.717) is 0 Å². The van der Waals surface area contributed by atoms with E-state index in [1.165, 1.54) is 23.6 Å². The molecule has 0 aliphatic heterocycles. The minimum absolute atomic E-state index is 0.114. The fourth-order valence-corrected chi connectivity index (χ4v) is 4.19. The van der Waals surface area contributed by atoms with Crippen LogP contribution in [0.15, 0.2) is 45.5 Å². The summed E-state index contributed by atoms with van der Waals surface area (Å²) >= 11 is 0.905. The number of benzene rings is 1. The molecule has 0 amide bonds. The first kappa shape index (κ1) is 12.8. The second-order valence-electron chi connectivity index (χ2n) is 3.74. The third-order valence-corrected chi connectivity index (χ3v) is 5.24. The van der Waals surface area contributed by atoms with Crippen molar-refractivity contribution in [3.8, 4) is 0 Å². The Morgan fingerprint density at radius 2 is 2.00 bits per heavy atom. The summed E-state index contributed by atoms with van der Waals surface area (Å²) in [6.45, 7) is 1.78. The van der Waals surface area contributed by atoms with E-state index in [9.17, 15) is 13.2 Å². The van der Waals surface area contributed by atoms with Gasteiger partial charge >= 0.3 is 5.97 Å². The van der Waals surface area contributed by atoms with Gasteiger partial charge in [0.15, 0.2) is 0 Å². The SMILES string of the molecule is Cc1cccc(S(=O)(=O)c2ccsc2C(=O)O)c1. The van der Waals surface area contributed by atoms with Crippen LogP contribution in [0.4, 0.5) is 0 Å². The molecule has 0 saturated heterocycles. The second-order valence-corrected chi connectivity index (χ2v) is 6.57. The molecular weight excluding hydrogens is 272 g/mol. The largest absolute Gasteiger partial charge is 0.477 e. The number of hydrogen-bond donors (Lipinski definition) is 1. The smallest absolute Gasteiger partial charge is 0.347 e. The molecule has 0 spiro atoms. The molecule has 6 heteroatoms. The summed E-state index contributed by atoms with van der Waals surface area (Å²) in [7, 11) is -3.76. The molecular formula is C12H10O4S2. The molecule has 2 rings (SSSR count). The monoisotopic (exact) mass is 282 g/mol. The quantitative estimate of drug-likeness (QED) is 0.939. The zero-order chi connectivity index (χ0) is 13.3. The number of rotatable bonds is 3. The van der Waals surface area contributed by atoms with Crippen molar-refractivity contribution >= 4 is 27.1 Å². The highest BCUT2D eigenvalue weighted by Crippen LogP contribution is 2.28. The molecule has 4 nitrogen and oxygen atoms in total. The van der Waals surface area contributed by atoms with Gasteiger partial charge in [0.1, 0.15) is 4.88 Å². The lowest BCUT2D eigenvalue weighted by molar-refractivity contribution is 0.0698. The summed E-state index contributed by atoms with van der Waals surface area (Å²) < 4.78 is 24.6. The fourth-order valence-electron chi connectivity index (χ4n) is 1.57. The van der Waals surface area contributed by atoms with E-state index in [1.807, 2.05) is 0 Å². The Labute approximate surface area is 108 Å². The van der Waals surface area contributed by atoms with Gasteiger partial charge in [-0.2, -0.15) is 0 Å². The normalized spacial score (nSPS) is 11.4. The van der Waals surface area contributed by atoms with Gasteiger partial charge in [-0.15, -0.1) is 11.3 Å². The average Bonchev–Trinajstić information content (AvgIpc) is 2.78. The van der Waals surface area contributed by atoms with Crippen LogP contribution in [0.5, 0.6) is 0 Å². The van der Waals surface area contributed by atoms with Crippen molar-refractivity contribution in [1.29, 1.82) is 0 Å². The van der Waals surface area contributed by atoms with Crippen LogP contribution >= 0.6 is 11.3 Å². The summed E-state index contributed by atoms with van der Waals surface area (Å²) in [5.74, 6) is -1.23. The maximum Gasteiger partial charge on any atom is 0.347 e. The number of sulfone groups is 1. The van der Waals surface area contributed by atoms with E-state index < -0.39 is 15.8 Å². The van der Waals surface area contributed by atoms with E-state index in [2.05, 4.69) is 0 Å². The summed E-state index contributed by atoms with van der Waals surface area (Å²) in [6.07, 6.45) is 0. The highest BCUT2D eigenvalue weighted by atomic mass is 32.2. The molecule has 94 valence electrons. The van der Waals surface area contributed by atoms with E-state index in [4.69, 9.17) is 5.11 Å². The van der Waals surface area contributed by atoms with Gasteiger partial charge in [0, 0.05) is 0 Å². The first-order valence-corrected chi connectivity index (χ1v) is 7.42. The molecule has 0 fully saturated rings. The average molecular weight is 282 g/mol. The lowest BCUT2D eigenvalue weighted by Gasteiger charge is -2.04. The maximum absolute atomic E-state index is 12.3. The zero-order valence-corrected chi connectivity index (χ0v) is 11.1. The van der Waals surface area contributed by atoms with Crippen LogP contribution in [0.2, 0.25) is 0 Å². The lowest BCUT2D eigenvalue weighted by Crippen LogP contribution is -2.06. The van der Waals surface area contributed by atoms with Crippen molar-refractivity contribution < 1.29 is 18.3 Å². The van der Waals surface area contributed by atoms with Gasteiger partial charge in [0.25, 0.3) is 0 Å². The molecule has 0 saturated carbocycles. The summed E-state index contributed by atoms with van der Waals surface area (Å²) in [5, 5.41) is 10.4. The first-order chi connectivity index (χ1) is 8.43. The highest BCUT2D eigenvalue weighted by Gasteiger charge is 2.25. The predicted molar refractivity (Wildman–Crippen MR) is 67.9 cm³/mol. The van der Waals surface area contributed by atoms with Crippen LogP contribution in [0.1, 0.15) is 15.2 Å². The van der Waals surface area contributed by atoms with Crippen molar-refractivity contribution in [1.82, 2.24) is 0 Å². The van der Waals surface area contributed by atoms with Crippen LogP contribution in [0, 0.1) is 6.92 Å². The minimum atomic E-state index is -3.76. The molecule has 1 aromatic heterocycles. The Kier molecular flexibility index (Phi) is 3.23. The predicted octanol–water partition coefficient (Wildman–Crippen LogP) is 2.59.